The van der Waals surface area contributed by atoms with Gasteiger partial charge in [-0.2, -0.15) is 0 Å². The van der Waals surface area contributed by atoms with Gasteiger partial charge < -0.3 is 29.3 Å². The van der Waals surface area contributed by atoms with Gasteiger partial charge in [-0.3, -0.25) is 4.90 Å². The number of piperidine rings is 1. The molecule has 2 saturated heterocycles. The Balaban J connectivity index is 1.53. The van der Waals surface area contributed by atoms with E-state index in [2.05, 4.69) is 36.0 Å². The van der Waals surface area contributed by atoms with Gasteiger partial charge in [0.05, 0.1) is 13.2 Å². The third-order valence-corrected chi connectivity index (χ3v) is 7.41. The average Bonchev–Trinajstić information content (AvgIpc) is 3.21. The molecule has 2 aliphatic heterocycles. The van der Waals surface area contributed by atoms with Gasteiger partial charge in [0.15, 0.2) is 5.79 Å². The van der Waals surface area contributed by atoms with Crippen LogP contribution in [-0.4, -0.2) is 112 Å². The zero-order valence-electron chi connectivity index (χ0n) is 20.8. The topological polar surface area (TPSA) is 66.5 Å². The predicted molar refractivity (Wildman–Crippen MR) is 126 cm³/mol. The molecule has 2 heterocycles. The summed E-state index contributed by atoms with van der Waals surface area (Å²) in [5.74, 6) is 0.141. The molecule has 0 bridgehead atoms. The molecule has 3 atom stereocenters. The van der Waals surface area contributed by atoms with E-state index in [-0.39, 0.29) is 17.9 Å². The highest BCUT2D eigenvalue weighted by Crippen LogP contribution is 2.44. The molecular formula is C24H46N4O4. The maximum atomic E-state index is 13.1. The summed E-state index contributed by atoms with van der Waals surface area (Å²) in [4.78, 5) is 19.9. The number of hydrogen-bond acceptors (Lipinski definition) is 6. The van der Waals surface area contributed by atoms with Crippen molar-refractivity contribution in [2.75, 3.05) is 73.2 Å². The van der Waals surface area contributed by atoms with Crippen molar-refractivity contribution in [1.29, 1.82) is 0 Å². The molecule has 0 radical (unpaired) electrons. The van der Waals surface area contributed by atoms with E-state index in [4.69, 9.17) is 14.2 Å². The van der Waals surface area contributed by atoms with Gasteiger partial charge in [0, 0.05) is 71.4 Å². The van der Waals surface area contributed by atoms with E-state index in [1.165, 1.54) is 0 Å². The van der Waals surface area contributed by atoms with Crippen LogP contribution in [-0.2, 0) is 14.2 Å². The van der Waals surface area contributed by atoms with Crippen molar-refractivity contribution in [3.05, 3.63) is 0 Å². The minimum atomic E-state index is -0.367. The standard InChI is InChI=1S/C24H46N4O4/c1-5-10-28-19-21(17-20-18-24(9-8-22(20)28)31-15-16-32-24)25-23(29)27(6-2)13-12-26(3)11-7-14-30-4/h20-22H,5-19H2,1-4H3,(H,25,29)/t20-,21+,22-/m1/s1. The molecule has 3 aliphatic rings. The van der Waals surface area contributed by atoms with E-state index in [9.17, 15) is 4.79 Å². The molecule has 0 unspecified atom stereocenters. The van der Waals surface area contributed by atoms with Gasteiger partial charge in [-0.05, 0) is 52.1 Å². The highest BCUT2D eigenvalue weighted by molar-refractivity contribution is 5.74. The number of urea groups is 1. The van der Waals surface area contributed by atoms with Gasteiger partial charge in [0.1, 0.15) is 0 Å². The molecule has 1 saturated carbocycles. The van der Waals surface area contributed by atoms with Crippen LogP contribution >= 0.6 is 0 Å². The minimum absolute atomic E-state index is 0.0663. The van der Waals surface area contributed by atoms with Gasteiger partial charge in [0.2, 0.25) is 0 Å². The molecule has 2 amide bonds. The summed E-state index contributed by atoms with van der Waals surface area (Å²) in [7, 11) is 3.84. The maximum Gasteiger partial charge on any atom is 0.317 e. The molecule has 8 heteroatoms. The number of fused-ring (bicyclic) bond motifs is 1. The number of carbonyl (C=O) groups excluding carboxylic acids is 1. The quantitative estimate of drug-likeness (QED) is 0.484. The van der Waals surface area contributed by atoms with Crippen molar-refractivity contribution < 1.29 is 19.0 Å². The third kappa shape index (κ3) is 6.79. The number of likely N-dealkylation sites (tertiary alicyclic amines) is 1. The summed E-state index contributed by atoms with van der Waals surface area (Å²) in [6, 6.07) is 0.835. The largest absolute Gasteiger partial charge is 0.385 e. The fraction of sp³-hybridized carbons (Fsp3) is 0.958. The SMILES string of the molecule is CCCN1C[C@@H](NC(=O)N(CC)CCN(C)CCCOC)C[C@@H]2CC3(CC[C@H]21)OCCO3. The van der Waals surface area contributed by atoms with E-state index >= 15 is 0 Å². The van der Waals surface area contributed by atoms with Crippen LogP contribution in [0.25, 0.3) is 0 Å². The molecule has 0 aromatic rings. The van der Waals surface area contributed by atoms with Crippen molar-refractivity contribution in [3.8, 4) is 0 Å². The molecule has 3 fully saturated rings. The van der Waals surface area contributed by atoms with Gasteiger partial charge in [-0.25, -0.2) is 4.79 Å². The summed E-state index contributed by atoms with van der Waals surface area (Å²) in [5, 5.41) is 3.37. The first-order chi connectivity index (χ1) is 15.5. The number of amides is 2. The van der Waals surface area contributed by atoms with E-state index in [1.54, 1.807) is 7.11 Å². The summed E-state index contributed by atoms with van der Waals surface area (Å²) in [6.07, 6.45) is 6.24. The lowest BCUT2D eigenvalue weighted by atomic mass is 9.74. The third-order valence-electron chi connectivity index (χ3n) is 7.41. The smallest absolute Gasteiger partial charge is 0.317 e. The highest BCUT2D eigenvalue weighted by atomic mass is 16.7. The Morgan fingerprint density at radius 1 is 1.22 bits per heavy atom. The highest BCUT2D eigenvalue weighted by Gasteiger charge is 2.49. The van der Waals surface area contributed by atoms with Gasteiger partial charge in [-0.1, -0.05) is 6.92 Å². The average molecular weight is 455 g/mol. The summed E-state index contributed by atoms with van der Waals surface area (Å²) >= 11 is 0. The van der Waals surface area contributed by atoms with E-state index < -0.39 is 0 Å². The fourth-order valence-corrected chi connectivity index (χ4v) is 5.78. The number of likely N-dealkylation sites (N-methyl/N-ethyl adjacent to an activating group) is 2. The van der Waals surface area contributed by atoms with E-state index in [1.807, 2.05) is 4.90 Å². The monoisotopic (exact) mass is 454 g/mol. The molecule has 1 N–H and O–H groups in total. The molecule has 32 heavy (non-hydrogen) atoms. The van der Waals surface area contributed by atoms with Crippen LogP contribution in [0.3, 0.4) is 0 Å². The number of hydrogen-bond donors (Lipinski definition) is 1. The normalized spacial score (nSPS) is 27.6. The fourth-order valence-electron chi connectivity index (χ4n) is 5.78. The van der Waals surface area contributed by atoms with Crippen molar-refractivity contribution in [1.82, 2.24) is 20.0 Å². The molecule has 1 spiro atoms. The van der Waals surface area contributed by atoms with Crippen molar-refractivity contribution >= 4 is 6.03 Å². The number of nitrogens with one attached hydrogen (secondary N) is 1. The van der Waals surface area contributed by atoms with Crippen molar-refractivity contribution in [3.63, 3.8) is 0 Å². The Morgan fingerprint density at radius 3 is 2.69 bits per heavy atom. The molecular weight excluding hydrogens is 408 g/mol. The number of nitrogens with zero attached hydrogens (tertiary/aromatic N) is 3. The van der Waals surface area contributed by atoms with Crippen molar-refractivity contribution in [2.24, 2.45) is 5.92 Å². The second-order valence-electron chi connectivity index (χ2n) is 9.78. The van der Waals surface area contributed by atoms with Crippen LogP contribution in [0, 0.1) is 5.92 Å². The van der Waals surface area contributed by atoms with Gasteiger partial charge >= 0.3 is 6.03 Å². The number of rotatable bonds is 11. The Morgan fingerprint density at radius 2 is 2.00 bits per heavy atom. The Hall–Kier alpha value is -0.930. The summed E-state index contributed by atoms with van der Waals surface area (Å²) in [6.45, 7) is 11.9. The van der Waals surface area contributed by atoms with Crippen LogP contribution in [0.15, 0.2) is 0 Å². The van der Waals surface area contributed by atoms with Crippen molar-refractivity contribution in [2.45, 2.75) is 70.2 Å². The minimum Gasteiger partial charge on any atom is -0.385 e. The second kappa shape index (κ2) is 12.5. The van der Waals surface area contributed by atoms with Gasteiger partial charge in [0.25, 0.3) is 0 Å². The summed E-state index contributed by atoms with van der Waals surface area (Å²) in [5.41, 5.74) is 0. The lowest BCUT2D eigenvalue weighted by molar-refractivity contribution is -0.201. The number of methoxy groups -OCH3 is 1. The molecule has 8 nitrogen and oxygen atoms in total. The summed E-state index contributed by atoms with van der Waals surface area (Å²) < 4.78 is 17.2. The Kier molecular flexibility index (Phi) is 10.0. The Bertz CT molecular complexity index is 572. The van der Waals surface area contributed by atoms with E-state index in [0.717, 1.165) is 84.4 Å². The van der Waals surface area contributed by atoms with Crippen LogP contribution in [0.5, 0.6) is 0 Å². The molecule has 186 valence electrons. The van der Waals surface area contributed by atoms with Crippen LogP contribution in [0.2, 0.25) is 0 Å². The molecule has 3 rings (SSSR count). The number of ether oxygens (including phenoxy) is 3. The molecule has 0 aromatic carbocycles. The first-order valence-electron chi connectivity index (χ1n) is 12.7. The zero-order valence-corrected chi connectivity index (χ0v) is 20.8. The van der Waals surface area contributed by atoms with Crippen LogP contribution in [0.4, 0.5) is 4.79 Å². The maximum absolute atomic E-state index is 13.1. The Labute approximate surface area is 194 Å². The first-order valence-corrected chi connectivity index (χ1v) is 12.7. The van der Waals surface area contributed by atoms with Crippen LogP contribution < -0.4 is 5.32 Å². The van der Waals surface area contributed by atoms with Crippen LogP contribution in [0.1, 0.15) is 52.4 Å². The zero-order chi connectivity index (χ0) is 23.0. The number of carbonyl (C=O) groups is 1. The van der Waals surface area contributed by atoms with E-state index in [0.29, 0.717) is 25.2 Å². The first kappa shape index (κ1) is 25.7. The molecule has 1 aliphatic carbocycles. The molecule has 0 aromatic heterocycles. The lowest BCUT2D eigenvalue weighted by Gasteiger charge is -2.51. The second-order valence-corrected chi connectivity index (χ2v) is 9.78. The van der Waals surface area contributed by atoms with Gasteiger partial charge in [-0.15, -0.1) is 0 Å². The lowest BCUT2D eigenvalue weighted by Crippen LogP contribution is -2.60. The predicted octanol–water partition coefficient (Wildman–Crippen LogP) is 2.38.